The minimum absolute atomic E-state index is 0.0784. The predicted octanol–water partition coefficient (Wildman–Crippen LogP) is 4.61. The largest absolute Gasteiger partial charge is 0.496 e. The van der Waals surface area contributed by atoms with Gasteiger partial charge in [0.25, 0.3) is 0 Å². The van der Waals surface area contributed by atoms with Crippen LogP contribution >= 0.6 is 23.1 Å². The first-order chi connectivity index (χ1) is 21.3. The lowest BCUT2D eigenvalue weighted by molar-refractivity contribution is -0.116. The summed E-state index contributed by atoms with van der Waals surface area (Å²) in [6.45, 7) is 0. The number of allylic oxidation sites excluding steroid dienone is 3. The number of methoxy groups -OCH3 is 4. The number of nitrogens with one attached hydrogen (secondary N) is 1. The first-order valence-corrected chi connectivity index (χ1v) is 15.3. The van der Waals surface area contributed by atoms with E-state index in [0.29, 0.717) is 74.3 Å². The molecule has 0 saturated heterocycles. The van der Waals surface area contributed by atoms with Gasteiger partial charge in [0.2, 0.25) is 11.0 Å². The van der Waals surface area contributed by atoms with E-state index in [2.05, 4.69) is 21.6 Å². The number of nitrogens with two attached hydrogens (primary N) is 1. The highest BCUT2D eigenvalue weighted by atomic mass is 32.2. The Labute approximate surface area is 262 Å². The first kappa shape index (κ1) is 30.7. The van der Waals surface area contributed by atoms with Crippen LogP contribution in [0.1, 0.15) is 30.7 Å². The SMILES string of the molecule is COc1ccccc1NC(=O)CSc1nnc(N2C(N)=C(C#N)C(c3cc(OC)c(OC)cc3OC)C3=C2CCCC3=O)s1. The number of hydrogen-bond donors (Lipinski definition) is 2. The van der Waals surface area contributed by atoms with E-state index < -0.39 is 5.92 Å². The van der Waals surface area contributed by atoms with Crippen molar-refractivity contribution >= 4 is 45.6 Å². The number of benzene rings is 2. The van der Waals surface area contributed by atoms with E-state index in [1.54, 1.807) is 35.2 Å². The number of thioether (sulfide) groups is 1. The Kier molecular flexibility index (Phi) is 9.26. The predicted molar refractivity (Wildman–Crippen MR) is 166 cm³/mol. The van der Waals surface area contributed by atoms with Gasteiger partial charge in [-0.05, 0) is 31.0 Å². The molecule has 3 aromatic rings. The molecule has 2 aliphatic rings. The van der Waals surface area contributed by atoms with Crippen LogP contribution in [0.3, 0.4) is 0 Å². The van der Waals surface area contributed by atoms with Crippen LogP contribution in [0.15, 0.2) is 63.4 Å². The van der Waals surface area contributed by atoms with Crippen LogP contribution in [-0.4, -0.2) is 56.1 Å². The van der Waals surface area contributed by atoms with Gasteiger partial charge in [-0.2, -0.15) is 5.26 Å². The highest BCUT2D eigenvalue weighted by molar-refractivity contribution is 8.01. The van der Waals surface area contributed by atoms with Crippen LogP contribution in [0.25, 0.3) is 0 Å². The number of amides is 1. The molecule has 1 atom stereocenters. The van der Waals surface area contributed by atoms with E-state index in [1.807, 2.05) is 6.07 Å². The Bertz CT molecular complexity index is 1710. The molecule has 0 spiro atoms. The Balaban J connectivity index is 1.48. The fourth-order valence-electron chi connectivity index (χ4n) is 5.31. The summed E-state index contributed by atoms with van der Waals surface area (Å²) in [5.74, 6) is 0.953. The summed E-state index contributed by atoms with van der Waals surface area (Å²) in [5.41, 5.74) is 9.11. The van der Waals surface area contributed by atoms with Crippen LogP contribution < -0.4 is 34.9 Å². The Morgan fingerprint density at radius 3 is 2.48 bits per heavy atom. The Morgan fingerprint density at radius 1 is 1.07 bits per heavy atom. The average molecular weight is 635 g/mol. The maximum Gasteiger partial charge on any atom is 0.234 e. The van der Waals surface area contributed by atoms with Gasteiger partial charge >= 0.3 is 0 Å². The number of nitrogens with zero attached hydrogens (tertiary/aromatic N) is 4. The number of carbonyl (C=O) groups excluding carboxylic acids is 2. The number of hydrogen-bond acceptors (Lipinski definition) is 13. The molecule has 0 saturated carbocycles. The highest BCUT2D eigenvalue weighted by Gasteiger charge is 2.42. The molecule has 14 heteroatoms. The molecule has 2 heterocycles. The van der Waals surface area contributed by atoms with Crippen LogP contribution in [0, 0.1) is 11.3 Å². The molecule has 0 bridgehead atoms. The number of aromatic nitrogens is 2. The summed E-state index contributed by atoms with van der Waals surface area (Å²) in [5, 5.41) is 22.2. The second-order valence-electron chi connectivity index (χ2n) is 9.65. The molecule has 1 aliphatic heterocycles. The zero-order chi connectivity index (χ0) is 31.4. The molecule has 1 aliphatic carbocycles. The van der Waals surface area contributed by atoms with Crippen molar-refractivity contribution in [3.8, 4) is 29.1 Å². The summed E-state index contributed by atoms with van der Waals surface area (Å²) < 4.78 is 22.5. The molecule has 1 amide bonds. The number of anilines is 2. The van der Waals surface area contributed by atoms with Crippen LogP contribution in [-0.2, 0) is 9.59 Å². The normalized spacial score (nSPS) is 16.3. The number of nitriles is 1. The van der Waals surface area contributed by atoms with E-state index in [9.17, 15) is 14.9 Å². The minimum atomic E-state index is -0.783. The number of Topliss-reactive ketones (excluding diaryl/α,β-unsaturated/α-hetero) is 1. The third-order valence-electron chi connectivity index (χ3n) is 7.26. The molecule has 3 N–H and O–H groups in total. The average Bonchev–Trinajstić information content (AvgIpc) is 3.51. The molecule has 0 fully saturated rings. The lowest BCUT2D eigenvalue weighted by Crippen LogP contribution is -2.38. The maximum atomic E-state index is 13.6. The van der Waals surface area contributed by atoms with Gasteiger partial charge in [-0.1, -0.05) is 35.2 Å². The van der Waals surface area contributed by atoms with Crippen molar-refractivity contribution in [2.45, 2.75) is 29.5 Å². The van der Waals surface area contributed by atoms with Gasteiger partial charge in [0.1, 0.15) is 17.3 Å². The summed E-state index contributed by atoms with van der Waals surface area (Å²) >= 11 is 2.43. The van der Waals surface area contributed by atoms with Gasteiger partial charge in [-0.15, -0.1) is 10.2 Å². The van der Waals surface area contributed by atoms with Gasteiger partial charge in [0.15, 0.2) is 21.6 Å². The quantitative estimate of drug-likeness (QED) is 0.298. The van der Waals surface area contributed by atoms with Crippen molar-refractivity contribution in [1.29, 1.82) is 5.26 Å². The zero-order valence-corrected chi connectivity index (χ0v) is 26.1. The van der Waals surface area contributed by atoms with Crippen molar-refractivity contribution in [2.75, 3.05) is 44.4 Å². The van der Waals surface area contributed by atoms with E-state index in [4.69, 9.17) is 24.7 Å². The topological polar surface area (TPSA) is 162 Å². The van der Waals surface area contributed by atoms with Crippen molar-refractivity contribution in [3.05, 3.63) is 64.6 Å². The Hall–Kier alpha value is -4.74. The molecule has 1 aromatic heterocycles. The van der Waals surface area contributed by atoms with Gasteiger partial charge in [0.05, 0.1) is 57.4 Å². The smallest absolute Gasteiger partial charge is 0.234 e. The summed E-state index contributed by atoms with van der Waals surface area (Å²) in [6, 6.07) is 12.8. The lowest BCUT2D eigenvalue weighted by Gasteiger charge is -2.38. The molecule has 12 nitrogen and oxygen atoms in total. The van der Waals surface area contributed by atoms with E-state index in [0.717, 1.165) is 0 Å². The molecular weight excluding hydrogens is 605 g/mol. The van der Waals surface area contributed by atoms with E-state index in [-0.39, 0.29) is 28.8 Å². The summed E-state index contributed by atoms with van der Waals surface area (Å²) in [7, 11) is 6.07. The number of ketones is 1. The molecule has 2 aromatic carbocycles. The molecule has 1 unspecified atom stereocenters. The molecule has 0 radical (unpaired) electrons. The third kappa shape index (κ3) is 5.76. The Morgan fingerprint density at radius 2 is 1.77 bits per heavy atom. The minimum Gasteiger partial charge on any atom is -0.496 e. The number of carbonyl (C=O) groups is 2. The van der Waals surface area contributed by atoms with E-state index >= 15 is 0 Å². The second-order valence-corrected chi connectivity index (χ2v) is 11.8. The third-order valence-corrected chi connectivity index (χ3v) is 9.30. The van der Waals surface area contributed by atoms with Gasteiger partial charge in [0, 0.05) is 29.3 Å². The number of rotatable bonds is 10. The maximum absolute atomic E-state index is 13.6. The standard InChI is InChI=1S/C30H30N6O6S2/c1-39-21-11-6-5-8-18(21)33-25(38)15-43-30-35-34-29(44-30)36-19-9-7-10-20(37)27(19)26(17(14-31)28(36)32)16-12-23(41-3)24(42-4)13-22(16)40-2/h5-6,8,11-13,26H,7,9-10,15,32H2,1-4H3,(H,33,38). The van der Waals surface area contributed by atoms with Gasteiger partial charge < -0.3 is 30.0 Å². The fraction of sp³-hybridized carbons (Fsp3) is 0.300. The first-order valence-electron chi connectivity index (χ1n) is 13.5. The van der Waals surface area contributed by atoms with Crippen LogP contribution in [0.2, 0.25) is 0 Å². The molecule has 5 rings (SSSR count). The summed E-state index contributed by atoms with van der Waals surface area (Å²) in [4.78, 5) is 27.9. The molecule has 44 heavy (non-hydrogen) atoms. The van der Waals surface area contributed by atoms with E-state index in [1.165, 1.54) is 51.5 Å². The fourth-order valence-corrected chi connectivity index (χ4v) is 6.99. The zero-order valence-electron chi connectivity index (χ0n) is 24.5. The van der Waals surface area contributed by atoms with Gasteiger partial charge in [-0.25, -0.2) is 0 Å². The van der Waals surface area contributed by atoms with Crippen molar-refractivity contribution in [1.82, 2.24) is 10.2 Å². The van der Waals surface area contributed by atoms with Gasteiger partial charge in [-0.3, -0.25) is 14.5 Å². The monoisotopic (exact) mass is 634 g/mol. The van der Waals surface area contributed by atoms with Crippen molar-refractivity contribution in [2.24, 2.45) is 5.73 Å². The lowest BCUT2D eigenvalue weighted by atomic mass is 9.75. The summed E-state index contributed by atoms with van der Waals surface area (Å²) in [6.07, 6.45) is 1.48. The highest BCUT2D eigenvalue weighted by Crippen LogP contribution is 2.50. The second kappa shape index (κ2) is 13.3. The van der Waals surface area contributed by atoms with Crippen molar-refractivity contribution < 1.29 is 28.5 Å². The molecular formula is C30H30N6O6S2. The molecule has 228 valence electrons. The van der Waals surface area contributed by atoms with Crippen LogP contribution in [0.4, 0.5) is 10.8 Å². The number of para-hydroxylation sites is 2. The van der Waals surface area contributed by atoms with Crippen LogP contribution in [0.5, 0.6) is 23.0 Å². The van der Waals surface area contributed by atoms with Crippen molar-refractivity contribution in [3.63, 3.8) is 0 Å². The number of ether oxygens (including phenoxy) is 4.